The Hall–Kier alpha value is -4.13. The van der Waals surface area contributed by atoms with Crippen LogP contribution in [0.5, 0.6) is 5.75 Å². The molecular weight excluding hydrogens is 404 g/mol. The highest BCUT2D eigenvalue weighted by Gasteiger charge is 2.07. The summed E-state index contributed by atoms with van der Waals surface area (Å²) >= 11 is 0. The molecule has 7 heteroatoms. The van der Waals surface area contributed by atoms with Gasteiger partial charge >= 0.3 is 6.03 Å². The number of nitrogens with one attached hydrogen (secondary N) is 2. The third-order valence-corrected chi connectivity index (χ3v) is 4.83. The monoisotopic (exact) mass is 428 g/mol. The van der Waals surface area contributed by atoms with Gasteiger partial charge in [0.05, 0.1) is 5.69 Å². The first kappa shape index (κ1) is 21.1. The van der Waals surface area contributed by atoms with E-state index in [1.807, 2.05) is 51.1 Å². The summed E-state index contributed by atoms with van der Waals surface area (Å²) in [7, 11) is 0. The second-order valence-corrected chi connectivity index (χ2v) is 7.79. The number of pyridine rings is 1. The Morgan fingerprint density at radius 1 is 0.906 bits per heavy atom. The zero-order valence-corrected chi connectivity index (χ0v) is 18.2. The van der Waals surface area contributed by atoms with Crippen LogP contribution in [0.3, 0.4) is 0 Å². The number of aromatic nitrogens is 2. The average molecular weight is 428 g/mol. The number of fused-ring (bicyclic) bond motifs is 1. The van der Waals surface area contributed by atoms with Crippen LogP contribution in [-0.2, 0) is 6.61 Å². The second-order valence-electron chi connectivity index (χ2n) is 7.79. The van der Waals surface area contributed by atoms with Gasteiger partial charge in [-0.3, -0.25) is 9.20 Å². The minimum atomic E-state index is -0.341. The molecule has 2 heterocycles. The quantitative estimate of drug-likeness (QED) is 0.476. The van der Waals surface area contributed by atoms with Crippen molar-refractivity contribution in [2.75, 3.05) is 10.6 Å². The fourth-order valence-corrected chi connectivity index (χ4v) is 3.49. The van der Waals surface area contributed by atoms with Gasteiger partial charge in [0, 0.05) is 29.7 Å². The summed E-state index contributed by atoms with van der Waals surface area (Å²) in [5.74, 6) is 0.556. The highest BCUT2D eigenvalue weighted by Crippen LogP contribution is 2.19. The summed E-state index contributed by atoms with van der Waals surface area (Å²) in [6.07, 6.45) is 1.71. The first-order valence-electron chi connectivity index (χ1n) is 10.2. The molecule has 0 aliphatic carbocycles. The first-order valence-corrected chi connectivity index (χ1v) is 10.2. The van der Waals surface area contributed by atoms with Crippen LogP contribution in [-0.4, -0.2) is 15.4 Å². The lowest BCUT2D eigenvalue weighted by Gasteiger charge is -2.11. The van der Waals surface area contributed by atoms with Gasteiger partial charge in [0.25, 0.3) is 5.56 Å². The number of nitrogens with zero attached hydrogens (tertiary/aromatic N) is 2. The molecule has 4 aromatic rings. The molecule has 0 aliphatic heterocycles. The van der Waals surface area contributed by atoms with Crippen LogP contribution >= 0.6 is 0 Å². The van der Waals surface area contributed by atoms with E-state index in [0.29, 0.717) is 22.8 Å². The molecule has 7 nitrogen and oxygen atoms in total. The zero-order valence-electron chi connectivity index (χ0n) is 18.2. The largest absolute Gasteiger partial charge is 0.487 e. The average Bonchev–Trinajstić information content (AvgIpc) is 2.71. The summed E-state index contributed by atoms with van der Waals surface area (Å²) in [6.45, 7) is 6.05. The lowest BCUT2D eigenvalue weighted by Crippen LogP contribution is -2.19. The number of ether oxygens (including phenoxy) is 1. The van der Waals surface area contributed by atoms with Crippen LogP contribution < -0.4 is 20.9 Å². The van der Waals surface area contributed by atoms with Crippen molar-refractivity contribution in [1.29, 1.82) is 0 Å². The molecule has 0 unspecified atom stereocenters. The predicted octanol–water partition coefficient (Wildman–Crippen LogP) is 4.84. The minimum absolute atomic E-state index is 0.137. The Balaban J connectivity index is 1.42. The van der Waals surface area contributed by atoms with Crippen LogP contribution in [0.4, 0.5) is 16.2 Å². The summed E-state index contributed by atoms with van der Waals surface area (Å²) in [5, 5.41) is 5.65. The van der Waals surface area contributed by atoms with Gasteiger partial charge < -0.3 is 15.4 Å². The van der Waals surface area contributed by atoms with Gasteiger partial charge in [0.1, 0.15) is 18.0 Å². The fraction of sp³-hybridized carbons (Fsp3) is 0.160. The summed E-state index contributed by atoms with van der Waals surface area (Å²) in [4.78, 5) is 29.2. The van der Waals surface area contributed by atoms with E-state index in [1.54, 1.807) is 30.5 Å². The number of hydrogen-bond acceptors (Lipinski definition) is 4. The third kappa shape index (κ3) is 5.13. The van der Waals surface area contributed by atoms with Crippen molar-refractivity contribution >= 4 is 23.1 Å². The SMILES string of the molecule is Cc1cc(C)cc(NC(=O)Nc2cccc(OCc3cc(=O)n4ccc(C)cc4n3)c2)c1. The molecule has 0 aliphatic rings. The molecule has 0 bridgehead atoms. The van der Waals surface area contributed by atoms with E-state index in [0.717, 1.165) is 22.4 Å². The van der Waals surface area contributed by atoms with Gasteiger partial charge in [-0.1, -0.05) is 12.1 Å². The maximum absolute atomic E-state index is 12.4. The first-order chi connectivity index (χ1) is 15.4. The molecule has 4 rings (SSSR count). The van der Waals surface area contributed by atoms with E-state index in [9.17, 15) is 9.59 Å². The van der Waals surface area contributed by atoms with Crippen LogP contribution in [0, 0.1) is 20.8 Å². The highest BCUT2D eigenvalue weighted by molar-refractivity contribution is 5.99. The van der Waals surface area contributed by atoms with Gasteiger partial charge in [-0.05, 0) is 73.9 Å². The molecule has 0 fully saturated rings. The van der Waals surface area contributed by atoms with Gasteiger partial charge in [0.15, 0.2) is 0 Å². The molecule has 162 valence electrons. The van der Waals surface area contributed by atoms with E-state index >= 15 is 0 Å². The Bertz CT molecular complexity index is 1340. The van der Waals surface area contributed by atoms with Crippen molar-refractivity contribution in [3.05, 3.63) is 99.6 Å². The molecule has 2 aromatic carbocycles. The van der Waals surface area contributed by atoms with Gasteiger partial charge in [-0.15, -0.1) is 0 Å². The standard InChI is InChI=1S/C25H24N4O3/c1-16-7-8-29-23(12-16)26-21(14-24(29)30)15-32-22-6-4-5-19(13-22)27-25(31)28-20-10-17(2)9-18(3)11-20/h4-14H,15H2,1-3H3,(H2,27,28,31). The van der Waals surface area contributed by atoms with Gasteiger partial charge in [0.2, 0.25) is 0 Å². The van der Waals surface area contributed by atoms with E-state index in [2.05, 4.69) is 15.6 Å². The molecule has 0 atom stereocenters. The number of aryl methyl sites for hydroxylation is 3. The maximum atomic E-state index is 12.4. The molecule has 0 saturated heterocycles. The molecule has 0 saturated carbocycles. The normalized spacial score (nSPS) is 10.7. The molecular formula is C25H24N4O3. The van der Waals surface area contributed by atoms with Crippen LogP contribution in [0.2, 0.25) is 0 Å². The molecule has 0 spiro atoms. The van der Waals surface area contributed by atoms with Crippen molar-refractivity contribution < 1.29 is 9.53 Å². The van der Waals surface area contributed by atoms with Crippen molar-refractivity contribution in [3.8, 4) is 5.75 Å². The van der Waals surface area contributed by atoms with Crippen LogP contribution in [0.15, 0.2) is 71.7 Å². The second kappa shape index (κ2) is 8.93. The number of hydrogen-bond donors (Lipinski definition) is 2. The lowest BCUT2D eigenvalue weighted by molar-refractivity contribution is 0.262. The Labute approximate surface area is 185 Å². The lowest BCUT2D eigenvalue weighted by atomic mass is 10.1. The van der Waals surface area contributed by atoms with E-state index in [4.69, 9.17) is 4.74 Å². The Kier molecular flexibility index (Phi) is 5.89. The van der Waals surface area contributed by atoms with Crippen molar-refractivity contribution in [2.45, 2.75) is 27.4 Å². The molecule has 32 heavy (non-hydrogen) atoms. The summed E-state index contributed by atoms with van der Waals surface area (Å²) in [6, 6.07) is 17.8. The Morgan fingerprint density at radius 3 is 2.44 bits per heavy atom. The number of carbonyl (C=O) groups excluding carboxylic acids is 1. The minimum Gasteiger partial charge on any atom is -0.487 e. The number of benzene rings is 2. The summed E-state index contributed by atoms with van der Waals surface area (Å²) < 4.78 is 7.31. The molecule has 0 radical (unpaired) electrons. The zero-order chi connectivity index (χ0) is 22.7. The fourth-order valence-electron chi connectivity index (χ4n) is 3.49. The van der Waals surface area contributed by atoms with Crippen LogP contribution in [0.1, 0.15) is 22.4 Å². The number of carbonyl (C=O) groups is 1. The van der Waals surface area contributed by atoms with Crippen molar-refractivity contribution in [1.82, 2.24) is 9.38 Å². The van der Waals surface area contributed by atoms with E-state index in [1.165, 1.54) is 10.5 Å². The highest BCUT2D eigenvalue weighted by atomic mass is 16.5. The molecule has 2 N–H and O–H groups in total. The number of anilines is 2. The topological polar surface area (TPSA) is 84.7 Å². The predicted molar refractivity (Wildman–Crippen MR) is 126 cm³/mol. The number of amides is 2. The van der Waals surface area contributed by atoms with Crippen molar-refractivity contribution in [2.24, 2.45) is 0 Å². The van der Waals surface area contributed by atoms with Gasteiger partial charge in [-0.2, -0.15) is 0 Å². The number of rotatable bonds is 5. The molecule has 2 amide bonds. The molecule has 2 aromatic heterocycles. The Morgan fingerprint density at radius 2 is 1.66 bits per heavy atom. The third-order valence-electron chi connectivity index (χ3n) is 4.83. The van der Waals surface area contributed by atoms with E-state index in [-0.39, 0.29) is 18.2 Å². The van der Waals surface area contributed by atoms with Gasteiger partial charge in [-0.25, -0.2) is 9.78 Å². The van der Waals surface area contributed by atoms with Crippen molar-refractivity contribution in [3.63, 3.8) is 0 Å². The maximum Gasteiger partial charge on any atom is 0.323 e. The van der Waals surface area contributed by atoms with Crippen LogP contribution in [0.25, 0.3) is 5.65 Å². The smallest absolute Gasteiger partial charge is 0.323 e. The van der Waals surface area contributed by atoms with E-state index < -0.39 is 0 Å². The number of urea groups is 1. The summed E-state index contributed by atoms with van der Waals surface area (Å²) in [5.41, 5.74) is 5.45.